The summed E-state index contributed by atoms with van der Waals surface area (Å²) in [6.07, 6.45) is 16.2. The molecule has 0 spiro atoms. The molecule has 1 aromatic carbocycles. The molecule has 1 aliphatic carbocycles. The Morgan fingerprint density at radius 3 is 2.36 bits per heavy atom. The monoisotopic (exact) mass is 384 g/mol. The average molecular weight is 385 g/mol. The fraction of sp³-hybridized carbons (Fsp3) is 0.500. The molecular weight excluding hydrogens is 352 g/mol. The van der Waals surface area contributed by atoms with Gasteiger partial charge in [0.25, 0.3) is 0 Å². The zero-order chi connectivity index (χ0) is 20.2. The van der Waals surface area contributed by atoms with E-state index in [1.807, 2.05) is 6.08 Å². The lowest BCUT2D eigenvalue weighted by molar-refractivity contribution is -0.140. The number of hydrogen-bond acceptors (Lipinski definition) is 3. The second-order valence-corrected chi connectivity index (χ2v) is 7.66. The zero-order valence-electron chi connectivity index (χ0n) is 16.6. The Bertz CT molecular complexity index is 652. The van der Waals surface area contributed by atoms with Gasteiger partial charge >= 0.3 is 11.9 Å². The molecule has 0 aromatic heterocycles. The molecule has 0 bridgehead atoms. The molecule has 1 aromatic rings. The van der Waals surface area contributed by atoms with Gasteiger partial charge in [-0.25, -0.2) is 4.79 Å². The van der Waals surface area contributed by atoms with Gasteiger partial charge in [-0.05, 0) is 68.2 Å². The number of carbonyl (C=O) groups excluding carboxylic acids is 1. The normalized spacial score (nSPS) is 19.4. The van der Waals surface area contributed by atoms with Crippen molar-refractivity contribution >= 4 is 18.0 Å². The first-order chi connectivity index (χ1) is 13.6. The van der Waals surface area contributed by atoms with Crippen LogP contribution in [0.4, 0.5) is 0 Å². The smallest absolute Gasteiger partial charge is 0.328 e. The second-order valence-electron chi connectivity index (χ2n) is 7.66. The molecule has 1 aliphatic rings. The number of carboxylic acids is 1. The number of ether oxygens (including phenoxy) is 1. The molecule has 152 valence electrons. The predicted molar refractivity (Wildman–Crippen MR) is 112 cm³/mol. The summed E-state index contributed by atoms with van der Waals surface area (Å²) in [5.41, 5.74) is 0.757. The first-order valence-electron chi connectivity index (χ1n) is 10.4. The van der Waals surface area contributed by atoms with Crippen LogP contribution in [0.5, 0.6) is 5.75 Å². The SMILES string of the molecule is C=CCCCCCCC1CCC(C(=O)Oc2ccc(C=CC(=O)O)cc2)CC1. The summed E-state index contributed by atoms with van der Waals surface area (Å²) in [5.74, 6) is 0.133. The van der Waals surface area contributed by atoms with Gasteiger partial charge in [0, 0.05) is 6.08 Å². The van der Waals surface area contributed by atoms with E-state index in [0.717, 1.165) is 49.7 Å². The molecule has 0 saturated heterocycles. The average Bonchev–Trinajstić information content (AvgIpc) is 2.70. The van der Waals surface area contributed by atoms with Crippen molar-refractivity contribution in [1.82, 2.24) is 0 Å². The number of aliphatic carboxylic acids is 1. The highest BCUT2D eigenvalue weighted by Gasteiger charge is 2.27. The standard InChI is InChI=1S/C24H32O4/c1-2-3-4-5-6-7-8-19-9-14-21(15-10-19)24(27)28-22-16-11-20(12-17-22)13-18-23(25)26/h2,11-13,16-19,21H,1,3-10,14-15H2,(H,25,26). The molecule has 2 rings (SSSR count). The van der Waals surface area contributed by atoms with E-state index in [4.69, 9.17) is 9.84 Å². The summed E-state index contributed by atoms with van der Waals surface area (Å²) >= 11 is 0. The quantitative estimate of drug-likeness (QED) is 0.166. The Hall–Kier alpha value is -2.36. The fourth-order valence-electron chi connectivity index (χ4n) is 3.78. The minimum Gasteiger partial charge on any atom is -0.478 e. The van der Waals surface area contributed by atoms with Gasteiger partial charge in [0.05, 0.1) is 5.92 Å². The van der Waals surface area contributed by atoms with E-state index in [-0.39, 0.29) is 11.9 Å². The molecule has 0 heterocycles. The molecule has 1 saturated carbocycles. The molecule has 0 atom stereocenters. The maximum Gasteiger partial charge on any atom is 0.328 e. The third-order valence-electron chi connectivity index (χ3n) is 5.47. The number of allylic oxidation sites excluding steroid dienone is 1. The topological polar surface area (TPSA) is 63.6 Å². The molecule has 0 amide bonds. The fourth-order valence-corrected chi connectivity index (χ4v) is 3.78. The van der Waals surface area contributed by atoms with Crippen molar-refractivity contribution in [3.05, 3.63) is 48.6 Å². The summed E-state index contributed by atoms with van der Waals surface area (Å²) < 4.78 is 5.52. The molecule has 1 fully saturated rings. The number of carboxylic acid groups (broad SMARTS) is 1. The highest BCUT2D eigenvalue weighted by atomic mass is 16.5. The molecule has 0 aliphatic heterocycles. The van der Waals surface area contributed by atoms with Gasteiger partial charge in [-0.2, -0.15) is 0 Å². The van der Waals surface area contributed by atoms with Crippen molar-refractivity contribution in [1.29, 1.82) is 0 Å². The summed E-state index contributed by atoms with van der Waals surface area (Å²) in [7, 11) is 0. The van der Waals surface area contributed by atoms with Gasteiger partial charge in [-0.15, -0.1) is 6.58 Å². The van der Waals surface area contributed by atoms with Crippen molar-refractivity contribution in [3.63, 3.8) is 0 Å². The van der Waals surface area contributed by atoms with Crippen LogP contribution in [0.1, 0.15) is 69.8 Å². The van der Waals surface area contributed by atoms with E-state index in [1.165, 1.54) is 38.2 Å². The third kappa shape index (κ3) is 8.12. The molecule has 0 unspecified atom stereocenters. The molecule has 4 heteroatoms. The van der Waals surface area contributed by atoms with Crippen molar-refractivity contribution in [2.24, 2.45) is 11.8 Å². The Morgan fingerprint density at radius 1 is 1.04 bits per heavy atom. The second kappa shape index (κ2) is 12.2. The van der Waals surface area contributed by atoms with Crippen LogP contribution in [0.25, 0.3) is 6.08 Å². The minimum atomic E-state index is -0.987. The first kappa shape index (κ1) is 21.9. The predicted octanol–water partition coefficient (Wildman–Crippen LogP) is 6.02. The Kier molecular flexibility index (Phi) is 9.53. The van der Waals surface area contributed by atoms with Crippen LogP contribution in [0.3, 0.4) is 0 Å². The highest BCUT2D eigenvalue weighted by molar-refractivity contribution is 5.85. The maximum absolute atomic E-state index is 12.4. The van der Waals surface area contributed by atoms with Crippen LogP contribution in [0, 0.1) is 11.8 Å². The molecule has 28 heavy (non-hydrogen) atoms. The van der Waals surface area contributed by atoms with Crippen molar-refractivity contribution in [2.75, 3.05) is 0 Å². The number of hydrogen-bond donors (Lipinski definition) is 1. The number of rotatable bonds is 11. The van der Waals surface area contributed by atoms with Gasteiger partial charge in [0.2, 0.25) is 0 Å². The van der Waals surface area contributed by atoms with Crippen molar-refractivity contribution in [3.8, 4) is 5.75 Å². The molecule has 4 nitrogen and oxygen atoms in total. The van der Waals surface area contributed by atoms with Crippen LogP contribution in [0.2, 0.25) is 0 Å². The van der Waals surface area contributed by atoms with E-state index < -0.39 is 5.97 Å². The van der Waals surface area contributed by atoms with Crippen molar-refractivity contribution in [2.45, 2.75) is 64.2 Å². The minimum absolute atomic E-state index is 0.00424. The third-order valence-corrected chi connectivity index (χ3v) is 5.47. The maximum atomic E-state index is 12.4. The lowest BCUT2D eigenvalue weighted by Gasteiger charge is -2.27. The van der Waals surface area contributed by atoms with Gasteiger partial charge < -0.3 is 9.84 Å². The number of benzene rings is 1. The molecule has 0 radical (unpaired) electrons. The summed E-state index contributed by atoms with van der Waals surface area (Å²) in [6, 6.07) is 6.90. The Morgan fingerprint density at radius 2 is 1.71 bits per heavy atom. The Balaban J connectivity index is 1.67. The van der Waals surface area contributed by atoms with Crippen LogP contribution >= 0.6 is 0 Å². The summed E-state index contributed by atoms with van der Waals surface area (Å²) in [5, 5.41) is 8.64. The number of esters is 1. The molecular formula is C24H32O4. The van der Waals surface area contributed by atoms with Gasteiger partial charge in [-0.3, -0.25) is 4.79 Å². The van der Waals surface area contributed by atoms with Crippen LogP contribution in [-0.4, -0.2) is 17.0 Å². The van der Waals surface area contributed by atoms with E-state index >= 15 is 0 Å². The molecule has 1 N–H and O–H groups in total. The summed E-state index contributed by atoms with van der Waals surface area (Å²) in [6.45, 7) is 3.76. The van der Waals surface area contributed by atoms with E-state index in [2.05, 4.69) is 6.58 Å². The van der Waals surface area contributed by atoms with Crippen LogP contribution < -0.4 is 4.74 Å². The summed E-state index contributed by atoms with van der Waals surface area (Å²) in [4.78, 5) is 22.9. The largest absolute Gasteiger partial charge is 0.478 e. The first-order valence-corrected chi connectivity index (χ1v) is 10.4. The lowest BCUT2D eigenvalue weighted by Crippen LogP contribution is -2.25. The van der Waals surface area contributed by atoms with Gasteiger partial charge in [0.1, 0.15) is 5.75 Å². The Labute approximate surface area is 168 Å². The number of unbranched alkanes of at least 4 members (excludes halogenated alkanes) is 4. The van der Waals surface area contributed by atoms with Crippen LogP contribution in [0.15, 0.2) is 43.0 Å². The zero-order valence-corrected chi connectivity index (χ0v) is 16.6. The van der Waals surface area contributed by atoms with E-state index in [0.29, 0.717) is 5.75 Å². The van der Waals surface area contributed by atoms with Gasteiger partial charge in [-0.1, -0.05) is 43.9 Å². The van der Waals surface area contributed by atoms with Crippen molar-refractivity contribution < 1.29 is 19.4 Å². The lowest BCUT2D eigenvalue weighted by atomic mass is 9.80. The van der Waals surface area contributed by atoms with E-state index in [9.17, 15) is 9.59 Å². The highest BCUT2D eigenvalue weighted by Crippen LogP contribution is 2.33. The van der Waals surface area contributed by atoms with Gasteiger partial charge in [0.15, 0.2) is 0 Å². The number of carbonyl (C=O) groups is 2. The van der Waals surface area contributed by atoms with Crippen LogP contribution in [-0.2, 0) is 9.59 Å². The van der Waals surface area contributed by atoms with E-state index in [1.54, 1.807) is 24.3 Å².